The van der Waals surface area contributed by atoms with Crippen molar-refractivity contribution in [1.29, 1.82) is 0 Å². The van der Waals surface area contributed by atoms with E-state index in [0.29, 0.717) is 12.2 Å². The summed E-state index contributed by atoms with van der Waals surface area (Å²) in [4.78, 5) is 16.0. The van der Waals surface area contributed by atoms with Crippen molar-refractivity contribution in [1.82, 2.24) is 9.55 Å². The summed E-state index contributed by atoms with van der Waals surface area (Å²) < 4.78 is 27.1. The molecule has 0 atom stereocenters. The smallest absolute Gasteiger partial charge is 0.263 e. The van der Waals surface area contributed by atoms with E-state index in [2.05, 4.69) is 4.98 Å². The number of carbonyl (C=O) groups excluding carboxylic acids is 1. The van der Waals surface area contributed by atoms with Gasteiger partial charge in [-0.15, -0.1) is 0 Å². The molecule has 0 spiro atoms. The minimum absolute atomic E-state index is 0.0941. The Morgan fingerprint density at radius 3 is 2.76 bits per heavy atom. The summed E-state index contributed by atoms with van der Waals surface area (Å²) >= 11 is 0. The molecule has 0 radical (unpaired) electrons. The maximum atomic E-state index is 13.0. The first-order valence-electron chi connectivity index (χ1n) is 5.15. The van der Waals surface area contributed by atoms with Gasteiger partial charge in [0.1, 0.15) is 5.82 Å². The predicted molar refractivity (Wildman–Crippen MR) is 57.7 cm³/mol. The van der Waals surface area contributed by atoms with E-state index in [1.165, 1.54) is 23.0 Å². The molecule has 0 saturated carbocycles. The van der Waals surface area contributed by atoms with Gasteiger partial charge in [-0.2, -0.15) is 0 Å². The van der Waals surface area contributed by atoms with Gasteiger partial charge in [-0.1, -0.05) is 6.92 Å². The second-order valence-electron chi connectivity index (χ2n) is 3.50. The quantitative estimate of drug-likeness (QED) is 0.802. The molecular formula is C12H10F2N2O. The van der Waals surface area contributed by atoms with Crippen LogP contribution < -0.4 is 0 Å². The van der Waals surface area contributed by atoms with Gasteiger partial charge in [0, 0.05) is 24.4 Å². The Kier molecular flexibility index (Phi) is 2.99. The first-order chi connectivity index (χ1) is 8.13. The van der Waals surface area contributed by atoms with E-state index in [4.69, 9.17) is 0 Å². The second-order valence-corrected chi connectivity index (χ2v) is 3.50. The molecule has 0 fully saturated rings. The molecule has 2 rings (SSSR count). The number of carbonyl (C=O) groups is 1. The van der Waals surface area contributed by atoms with Crippen LogP contribution in [-0.4, -0.2) is 15.5 Å². The van der Waals surface area contributed by atoms with Gasteiger partial charge in [-0.3, -0.25) is 9.36 Å². The molecule has 0 bridgehead atoms. The zero-order valence-electron chi connectivity index (χ0n) is 9.15. The minimum atomic E-state index is -1.03. The van der Waals surface area contributed by atoms with E-state index in [-0.39, 0.29) is 5.56 Å². The fourth-order valence-corrected chi connectivity index (χ4v) is 1.55. The second kappa shape index (κ2) is 4.45. The van der Waals surface area contributed by atoms with Gasteiger partial charge in [0.15, 0.2) is 11.6 Å². The Balaban J connectivity index is 2.40. The normalized spacial score (nSPS) is 10.5. The van der Waals surface area contributed by atoms with Crippen molar-refractivity contribution in [2.45, 2.75) is 13.3 Å². The highest BCUT2D eigenvalue weighted by Crippen LogP contribution is 2.11. The SMILES string of the molecule is CCc1nccn1C(=O)c1ccc(F)c(F)c1. The van der Waals surface area contributed by atoms with Crippen LogP contribution in [0.1, 0.15) is 23.1 Å². The van der Waals surface area contributed by atoms with Crippen LogP contribution in [0.4, 0.5) is 8.78 Å². The molecule has 1 aromatic carbocycles. The zero-order valence-corrected chi connectivity index (χ0v) is 9.15. The molecule has 0 saturated heterocycles. The maximum Gasteiger partial charge on any atom is 0.263 e. The Morgan fingerprint density at radius 1 is 1.35 bits per heavy atom. The van der Waals surface area contributed by atoms with Gasteiger partial charge < -0.3 is 0 Å². The average Bonchev–Trinajstić information content (AvgIpc) is 2.80. The van der Waals surface area contributed by atoms with Gasteiger partial charge >= 0.3 is 0 Å². The third-order valence-corrected chi connectivity index (χ3v) is 2.42. The first kappa shape index (κ1) is 11.4. The molecule has 5 heteroatoms. The van der Waals surface area contributed by atoms with Crippen molar-refractivity contribution in [2.24, 2.45) is 0 Å². The molecular weight excluding hydrogens is 226 g/mol. The molecule has 0 amide bonds. The average molecular weight is 236 g/mol. The Bertz CT molecular complexity index is 563. The molecule has 88 valence electrons. The number of imidazole rings is 1. The van der Waals surface area contributed by atoms with Crippen LogP contribution >= 0.6 is 0 Å². The number of hydrogen-bond acceptors (Lipinski definition) is 2. The number of rotatable bonds is 2. The van der Waals surface area contributed by atoms with Crippen LogP contribution in [0.5, 0.6) is 0 Å². The van der Waals surface area contributed by atoms with Crippen LogP contribution in [0.25, 0.3) is 0 Å². The molecule has 1 heterocycles. The van der Waals surface area contributed by atoms with Gasteiger partial charge in [0.25, 0.3) is 5.91 Å². The third-order valence-electron chi connectivity index (χ3n) is 2.42. The van der Waals surface area contributed by atoms with Gasteiger partial charge in [0.2, 0.25) is 0 Å². The molecule has 3 nitrogen and oxygen atoms in total. The van der Waals surface area contributed by atoms with Gasteiger partial charge in [0.05, 0.1) is 0 Å². The lowest BCUT2D eigenvalue weighted by atomic mass is 10.2. The van der Waals surface area contributed by atoms with Crippen LogP contribution in [0.3, 0.4) is 0 Å². The number of aromatic nitrogens is 2. The van der Waals surface area contributed by atoms with Crippen LogP contribution in [0.15, 0.2) is 30.6 Å². The molecule has 1 aromatic heterocycles. The molecule has 0 aliphatic heterocycles. The Labute approximate surface area is 96.7 Å². The lowest BCUT2D eigenvalue weighted by Crippen LogP contribution is -2.14. The highest BCUT2D eigenvalue weighted by molar-refractivity contribution is 5.96. The van der Waals surface area contributed by atoms with E-state index >= 15 is 0 Å². The van der Waals surface area contributed by atoms with Crippen LogP contribution in [0.2, 0.25) is 0 Å². The summed E-state index contributed by atoms with van der Waals surface area (Å²) in [6.45, 7) is 1.86. The van der Waals surface area contributed by atoms with Crippen molar-refractivity contribution in [3.63, 3.8) is 0 Å². The van der Waals surface area contributed by atoms with Crippen molar-refractivity contribution >= 4 is 5.91 Å². The molecule has 0 aliphatic carbocycles. The predicted octanol–water partition coefficient (Wildman–Crippen LogP) is 2.41. The molecule has 0 N–H and O–H groups in total. The number of aryl methyl sites for hydroxylation is 1. The lowest BCUT2D eigenvalue weighted by molar-refractivity contribution is 0.0956. The van der Waals surface area contributed by atoms with Crippen molar-refractivity contribution in [2.75, 3.05) is 0 Å². The largest absolute Gasteiger partial charge is 0.270 e. The number of halogens is 2. The lowest BCUT2D eigenvalue weighted by Gasteiger charge is -2.05. The summed E-state index contributed by atoms with van der Waals surface area (Å²) in [5.74, 6) is -1.84. The van der Waals surface area contributed by atoms with E-state index in [1.54, 1.807) is 0 Å². The monoisotopic (exact) mass is 236 g/mol. The minimum Gasteiger partial charge on any atom is -0.270 e. The summed E-state index contributed by atoms with van der Waals surface area (Å²) in [6.07, 6.45) is 3.58. The highest BCUT2D eigenvalue weighted by Gasteiger charge is 2.13. The van der Waals surface area contributed by atoms with Crippen molar-refractivity contribution < 1.29 is 13.6 Å². The van der Waals surface area contributed by atoms with Crippen LogP contribution in [-0.2, 0) is 6.42 Å². The fraction of sp³-hybridized carbons (Fsp3) is 0.167. The standard InChI is InChI=1S/C12H10F2N2O/c1-2-11-15-5-6-16(11)12(17)8-3-4-9(13)10(14)7-8/h3-7H,2H2,1H3. The van der Waals surface area contributed by atoms with E-state index in [1.807, 2.05) is 6.92 Å². The summed E-state index contributed by atoms with van der Waals surface area (Å²) in [7, 11) is 0. The third kappa shape index (κ3) is 2.08. The number of benzene rings is 1. The summed E-state index contributed by atoms with van der Waals surface area (Å²) in [6, 6.07) is 3.07. The molecule has 0 unspecified atom stereocenters. The Morgan fingerprint density at radius 2 is 2.12 bits per heavy atom. The number of nitrogens with zero attached hydrogens (tertiary/aromatic N) is 2. The topological polar surface area (TPSA) is 34.9 Å². The zero-order chi connectivity index (χ0) is 12.4. The van der Waals surface area contributed by atoms with Crippen LogP contribution in [0, 0.1) is 11.6 Å². The van der Waals surface area contributed by atoms with Gasteiger partial charge in [-0.05, 0) is 18.2 Å². The van der Waals surface area contributed by atoms with E-state index < -0.39 is 17.5 Å². The van der Waals surface area contributed by atoms with Crippen molar-refractivity contribution in [3.05, 3.63) is 53.6 Å². The molecule has 0 aliphatic rings. The van der Waals surface area contributed by atoms with Crippen molar-refractivity contribution in [3.8, 4) is 0 Å². The Hall–Kier alpha value is -2.04. The molecule has 17 heavy (non-hydrogen) atoms. The highest BCUT2D eigenvalue weighted by atomic mass is 19.2. The fourth-order valence-electron chi connectivity index (χ4n) is 1.55. The number of hydrogen-bond donors (Lipinski definition) is 0. The summed E-state index contributed by atoms with van der Waals surface area (Å²) in [5.41, 5.74) is 0.0941. The first-order valence-corrected chi connectivity index (χ1v) is 5.15. The maximum absolute atomic E-state index is 13.0. The molecule has 2 aromatic rings. The summed E-state index contributed by atoms with van der Waals surface area (Å²) in [5, 5.41) is 0. The van der Waals surface area contributed by atoms with E-state index in [9.17, 15) is 13.6 Å². The van der Waals surface area contributed by atoms with Gasteiger partial charge in [-0.25, -0.2) is 13.8 Å². The van der Waals surface area contributed by atoms with E-state index in [0.717, 1.165) is 12.1 Å².